The predicted molar refractivity (Wildman–Crippen MR) is 187 cm³/mol. The van der Waals surface area contributed by atoms with Crippen molar-refractivity contribution in [1.82, 2.24) is 19.8 Å². The quantitative estimate of drug-likeness (QED) is 0.173. The summed E-state index contributed by atoms with van der Waals surface area (Å²) >= 11 is 0. The molecule has 7 rings (SSSR count). The summed E-state index contributed by atoms with van der Waals surface area (Å²) in [6.07, 6.45) is -3.91. The molecule has 0 unspecified atom stereocenters. The van der Waals surface area contributed by atoms with Crippen molar-refractivity contribution in [2.24, 2.45) is 5.92 Å². The van der Waals surface area contributed by atoms with Crippen LogP contribution in [0, 0.1) is 5.92 Å². The molecule has 270 valence electrons. The topological polar surface area (TPSA) is 106 Å². The van der Waals surface area contributed by atoms with E-state index >= 15 is 0 Å². The molecule has 0 aliphatic carbocycles. The van der Waals surface area contributed by atoms with Crippen LogP contribution in [0.15, 0.2) is 103 Å². The molecule has 0 saturated carbocycles. The molecule has 5 atom stereocenters. The van der Waals surface area contributed by atoms with Crippen molar-refractivity contribution in [2.45, 2.75) is 70.2 Å². The first-order chi connectivity index (χ1) is 25.1. The van der Waals surface area contributed by atoms with E-state index in [1.807, 2.05) is 103 Å². The number of alkyl halides is 3. The Morgan fingerprint density at radius 2 is 1.63 bits per heavy atom. The number of para-hydroxylation sites is 2. The maximum absolute atomic E-state index is 13.1. The van der Waals surface area contributed by atoms with Gasteiger partial charge in [0.2, 0.25) is 5.91 Å². The van der Waals surface area contributed by atoms with Crippen LogP contribution < -0.4 is 5.32 Å². The number of halogens is 3. The number of nitrogens with one attached hydrogen (secondary N) is 1. The van der Waals surface area contributed by atoms with E-state index in [1.165, 1.54) is 0 Å². The lowest BCUT2D eigenvalue weighted by Crippen LogP contribution is -2.50. The molecule has 0 spiro atoms. The van der Waals surface area contributed by atoms with Crippen LogP contribution in [-0.2, 0) is 38.8 Å². The van der Waals surface area contributed by atoms with Crippen LogP contribution in [0.5, 0.6) is 0 Å². The van der Waals surface area contributed by atoms with Crippen molar-refractivity contribution in [2.75, 3.05) is 6.54 Å². The number of aliphatic hydroxyl groups excluding tert-OH is 1. The fraction of sp³-hybridized carbons (Fsp3) is 0.325. The number of imidazole rings is 1. The molecule has 2 fully saturated rings. The van der Waals surface area contributed by atoms with E-state index in [-0.39, 0.29) is 44.2 Å². The molecule has 3 heterocycles. The Bertz CT molecular complexity index is 2030. The highest BCUT2D eigenvalue weighted by Gasteiger charge is 2.47. The Morgan fingerprint density at radius 1 is 0.923 bits per heavy atom. The lowest BCUT2D eigenvalue weighted by Gasteiger charge is -2.41. The normalized spacial score (nSPS) is 22.1. The molecule has 5 aromatic rings. The summed E-state index contributed by atoms with van der Waals surface area (Å²) in [5, 5.41) is 12.4. The molecule has 2 aliphatic heterocycles. The Morgan fingerprint density at radius 3 is 2.38 bits per heavy atom. The van der Waals surface area contributed by atoms with Crippen LogP contribution in [0.2, 0.25) is 0 Å². The first-order valence-electron chi connectivity index (χ1n) is 17.3. The minimum absolute atomic E-state index is 0.0263. The number of nitrogens with zero attached hydrogens (tertiary/aromatic N) is 3. The number of aliphatic hydroxyl groups is 1. The second-order valence-corrected chi connectivity index (χ2v) is 13.4. The number of hydrogen-bond donors (Lipinski definition) is 2. The fourth-order valence-electron chi connectivity index (χ4n) is 7.20. The van der Waals surface area contributed by atoms with Crippen LogP contribution >= 0.6 is 0 Å². The van der Waals surface area contributed by atoms with Crippen LogP contribution in [0.4, 0.5) is 13.2 Å². The molecule has 2 amide bonds. The minimum atomic E-state index is -5.03. The van der Waals surface area contributed by atoms with Crippen LogP contribution in [0.25, 0.3) is 22.2 Å². The molecule has 2 saturated heterocycles. The molecular formula is C40H39F3N4O5. The maximum Gasteiger partial charge on any atom is 0.471 e. The van der Waals surface area contributed by atoms with Gasteiger partial charge in [-0.05, 0) is 52.8 Å². The summed E-state index contributed by atoms with van der Waals surface area (Å²) in [7, 11) is 0. The van der Waals surface area contributed by atoms with Crippen molar-refractivity contribution < 1.29 is 37.3 Å². The number of rotatable bonds is 9. The largest absolute Gasteiger partial charge is 0.471 e. The number of hydrogen-bond acceptors (Lipinski definition) is 6. The van der Waals surface area contributed by atoms with Gasteiger partial charge < -0.3 is 29.4 Å². The molecule has 9 nitrogen and oxygen atoms in total. The van der Waals surface area contributed by atoms with E-state index in [1.54, 1.807) is 0 Å². The smallest absolute Gasteiger partial charge is 0.392 e. The number of amides is 2. The number of fused-ring (bicyclic) bond motifs is 1. The third-order valence-corrected chi connectivity index (χ3v) is 10.1. The summed E-state index contributed by atoms with van der Waals surface area (Å²) in [6, 6.07) is 29.8. The van der Waals surface area contributed by atoms with Gasteiger partial charge in [0, 0.05) is 24.6 Å². The lowest BCUT2D eigenvalue weighted by atomic mass is 9.90. The zero-order valence-corrected chi connectivity index (χ0v) is 28.5. The summed E-state index contributed by atoms with van der Waals surface area (Å²) in [6.45, 7) is 2.60. The van der Waals surface area contributed by atoms with E-state index in [0.29, 0.717) is 17.9 Å². The van der Waals surface area contributed by atoms with Crippen molar-refractivity contribution in [1.29, 1.82) is 0 Å². The van der Waals surface area contributed by atoms with Gasteiger partial charge in [-0.3, -0.25) is 9.59 Å². The van der Waals surface area contributed by atoms with Gasteiger partial charge in [0.25, 0.3) is 0 Å². The standard InChI is InChI=1S/C40H39F3N4O5/c1-25-35(22-46-24-45-32-9-4-5-10-33(32)46)51-38(52-36(25)28-14-12-26(23-48)13-15-28)29-18-16-27(17-19-29)31-8-3-2-7-30(31)21-44-37(49)34-11-6-20-47(34)39(50)40(41,42)43/h2-5,7-10,12-19,24-25,34-36,38,48H,6,11,20-23H2,1H3,(H,44,49)/t25-,34-,35+,36+,38+/m0/s1. The molecule has 1 aromatic heterocycles. The van der Waals surface area contributed by atoms with E-state index in [9.17, 15) is 27.9 Å². The average Bonchev–Trinajstić information content (AvgIpc) is 3.82. The molecule has 4 aromatic carbocycles. The zero-order chi connectivity index (χ0) is 36.4. The monoisotopic (exact) mass is 712 g/mol. The minimum Gasteiger partial charge on any atom is -0.392 e. The molecule has 2 aliphatic rings. The number of benzene rings is 4. The Labute approximate surface area is 299 Å². The second-order valence-electron chi connectivity index (χ2n) is 13.4. The van der Waals surface area contributed by atoms with Gasteiger partial charge in [-0.1, -0.05) is 91.9 Å². The van der Waals surface area contributed by atoms with Crippen molar-refractivity contribution in [3.8, 4) is 11.1 Å². The maximum atomic E-state index is 13.1. The number of ether oxygens (including phenoxy) is 2. The van der Waals surface area contributed by atoms with Gasteiger partial charge in [-0.25, -0.2) is 4.98 Å². The Hall–Kier alpha value is -5.04. The first-order valence-corrected chi connectivity index (χ1v) is 17.3. The first kappa shape index (κ1) is 35.4. The Balaban J connectivity index is 1.10. The van der Waals surface area contributed by atoms with Gasteiger partial charge in [-0.2, -0.15) is 13.2 Å². The number of carbonyl (C=O) groups excluding carboxylic acids is 2. The summed E-state index contributed by atoms with van der Waals surface area (Å²) in [4.78, 5) is 30.1. The third-order valence-electron chi connectivity index (χ3n) is 10.1. The third kappa shape index (κ3) is 7.32. The highest BCUT2D eigenvalue weighted by Crippen LogP contribution is 2.42. The second kappa shape index (κ2) is 14.9. The van der Waals surface area contributed by atoms with E-state index in [4.69, 9.17) is 9.47 Å². The van der Waals surface area contributed by atoms with E-state index in [2.05, 4.69) is 21.8 Å². The van der Waals surface area contributed by atoms with E-state index < -0.39 is 30.3 Å². The molecular weight excluding hydrogens is 673 g/mol. The van der Waals surface area contributed by atoms with Gasteiger partial charge in [0.15, 0.2) is 6.29 Å². The Kier molecular flexibility index (Phi) is 10.1. The van der Waals surface area contributed by atoms with Crippen LogP contribution in [0.1, 0.15) is 54.4 Å². The number of likely N-dealkylation sites (tertiary alicyclic amines) is 1. The fourth-order valence-corrected chi connectivity index (χ4v) is 7.20. The molecule has 2 N–H and O–H groups in total. The van der Waals surface area contributed by atoms with Gasteiger partial charge in [0.1, 0.15) is 6.04 Å². The number of aromatic nitrogens is 2. The molecule has 52 heavy (non-hydrogen) atoms. The SMILES string of the molecule is C[C@H]1[C@@H](Cn2cnc3ccccc32)O[C@@H](c2ccc(-c3ccccc3CNC(=O)[C@@H]3CCCN3C(=O)C(F)(F)F)cc2)O[C@H]1c1ccc(CO)cc1. The highest BCUT2D eigenvalue weighted by atomic mass is 19.4. The number of carbonyl (C=O) groups is 2. The summed E-state index contributed by atoms with van der Waals surface area (Å²) in [5.74, 6) is -2.62. The van der Waals surface area contributed by atoms with Gasteiger partial charge >= 0.3 is 12.1 Å². The van der Waals surface area contributed by atoms with Crippen LogP contribution in [0.3, 0.4) is 0 Å². The van der Waals surface area contributed by atoms with Crippen molar-refractivity contribution in [3.05, 3.63) is 126 Å². The van der Waals surface area contributed by atoms with Crippen molar-refractivity contribution >= 4 is 22.8 Å². The summed E-state index contributed by atoms with van der Waals surface area (Å²) < 4.78 is 54.8. The predicted octanol–water partition coefficient (Wildman–Crippen LogP) is 6.86. The van der Waals surface area contributed by atoms with Gasteiger partial charge in [-0.15, -0.1) is 0 Å². The molecule has 0 bridgehead atoms. The molecule has 12 heteroatoms. The average molecular weight is 713 g/mol. The highest BCUT2D eigenvalue weighted by molar-refractivity contribution is 5.90. The van der Waals surface area contributed by atoms with Crippen LogP contribution in [-0.4, -0.2) is 56.2 Å². The summed E-state index contributed by atoms with van der Waals surface area (Å²) in [5.41, 5.74) is 7.01. The van der Waals surface area contributed by atoms with Gasteiger partial charge in [0.05, 0.1) is 42.7 Å². The van der Waals surface area contributed by atoms with E-state index in [0.717, 1.165) is 44.4 Å². The lowest BCUT2D eigenvalue weighted by molar-refractivity contribution is -0.276. The zero-order valence-electron chi connectivity index (χ0n) is 28.5. The molecule has 0 radical (unpaired) electrons. The van der Waals surface area contributed by atoms with Crippen molar-refractivity contribution in [3.63, 3.8) is 0 Å².